The van der Waals surface area contributed by atoms with E-state index in [1.807, 2.05) is 0 Å². The van der Waals surface area contributed by atoms with Crippen LogP contribution in [0.2, 0.25) is 0 Å². The summed E-state index contributed by atoms with van der Waals surface area (Å²) in [5.41, 5.74) is 0. The number of ether oxygens (including phenoxy) is 2. The largest absolute Gasteiger partial charge is 0.452 e. The highest BCUT2D eigenvalue weighted by Gasteiger charge is 2.74. The van der Waals surface area contributed by atoms with Crippen molar-refractivity contribution in [2.24, 2.45) is 0 Å². The maximum atomic E-state index is 12.7. The van der Waals surface area contributed by atoms with Crippen LogP contribution in [0.3, 0.4) is 0 Å². The second-order valence-corrected chi connectivity index (χ2v) is 3.49. The van der Waals surface area contributed by atoms with Crippen LogP contribution < -0.4 is 0 Å². The molecule has 0 radical (unpaired) electrons. The summed E-state index contributed by atoms with van der Waals surface area (Å²) in [6, 6.07) is 0. The van der Waals surface area contributed by atoms with Gasteiger partial charge in [-0.2, -0.15) is 17.6 Å². The second kappa shape index (κ2) is 3.15. The molecule has 0 amide bonds. The molecule has 1 rings (SSSR count). The van der Waals surface area contributed by atoms with Crippen molar-refractivity contribution in [1.29, 1.82) is 0 Å². The van der Waals surface area contributed by atoms with Gasteiger partial charge in [-0.3, -0.25) is 0 Å². The predicted molar refractivity (Wildman–Crippen MR) is 40.5 cm³/mol. The standard InChI is InChI=1S/C6H4Cl2F4O2/c1-3-2-13-4(14-3,5(7,9)10)6(8,11)12/h1-2H2. The van der Waals surface area contributed by atoms with E-state index in [0.717, 1.165) is 0 Å². The van der Waals surface area contributed by atoms with E-state index in [9.17, 15) is 17.6 Å². The van der Waals surface area contributed by atoms with E-state index < -0.39 is 28.9 Å². The number of hydrogen-bond acceptors (Lipinski definition) is 2. The van der Waals surface area contributed by atoms with E-state index in [1.54, 1.807) is 0 Å². The van der Waals surface area contributed by atoms with E-state index in [4.69, 9.17) is 0 Å². The Balaban J connectivity index is 3.12. The molecule has 1 aliphatic rings. The number of halogens is 6. The van der Waals surface area contributed by atoms with E-state index in [1.165, 1.54) is 0 Å². The molecule has 2 nitrogen and oxygen atoms in total. The Morgan fingerprint density at radius 2 is 1.64 bits per heavy atom. The summed E-state index contributed by atoms with van der Waals surface area (Å²) in [6.45, 7) is 2.42. The first-order valence-electron chi connectivity index (χ1n) is 3.24. The van der Waals surface area contributed by atoms with Crippen molar-refractivity contribution >= 4 is 23.2 Å². The normalized spacial score (nSPS) is 22.3. The van der Waals surface area contributed by atoms with Crippen molar-refractivity contribution in [3.05, 3.63) is 12.3 Å². The van der Waals surface area contributed by atoms with Crippen molar-refractivity contribution in [3.8, 4) is 0 Å². The Morgan fingerprint density at radius 1 is 1.21 bits per heavy atom. The van der Waals surface area contributed by atoms with Crippen molar-refractivity contribution in [1.82, 2.24) is 0 Å². The molecular weight excluding hydrogens is 251 g/mol. The van der Waals surface area contributed by atoms with Gasteiger partial charge >= 0.3 is 16.6 Å². The molecule has 0 aromatic carbocycles. The van der Waals surface area contributed by atoms with Crippen LogP contribution in [0.25, 0.3) is 0 Å². The fourth-order valence-corrected chi connectivity index (χ4v) is 1.36. The molecule has 0 spiro atoms. The lowest BCUT2D eigenvalue weighted by Crippen LogP contribution is -2.56. The number of hydrogen-bond donors (Lipinski definition) is 0. The molecule has 0 aliphatic carbocycles. The summed E-state index contributed by atoms with van der Waals surface area (Å²) in [4.78, 5) is 0. The quantitative estimate of drug-likeness (QED) is 0.557. The van der Waals surface area contributed by atoms with Crippen LogP contribution in [0.4, 0.5) is 17.6 Å². The highest BCUT2D eigenvalue weighted by atomic mass is 35.5. The molecule has 1 heterocycles. The minimum atomic E-state index is -4.47. The molecule has 1 saturated heterocycles. The third kappa shape index (κ3) is 1.66. The van der Waals surface area contributed by atoms with Gasteiger partial charge in [0.05, 0.1) is 0 Å². The molecule has 1 fully saturated rings. The highest BCUT2D eigenvalue weighted by molar-refractivity contribution is 6.26. The van der Waals surface area contributed by atoms with Gasteiger partial charge in [-0.15, -0.1) is 0 Å². The first-order chi connectivity index (χ1) is 6.10. The van der Waals surface area contributed by atoms with E-state index in [0.29, 0.717) is 0 Å². The van der Waals surface area contributed by atoms with Crippen LogP contribution in [0, 0.1) is 0 Å². The molecule has 0 aromatic heterocycles. The van der Waals surface area contributed by atoms with E-state index in [-0.39, 0.29) is 0 Å². The zero-order valence-corrected chi connectivity index (χ0v) is 8.01. The van der Waals surface area contributed by atoms with E-state index in [2.05, 4.69) is 39.3 Å². The third-order valence-electron chi connectivity index (χ3n) is 1.47. The Kier molecular flexibility index (Phi) is 2.67. The van der Waals surface area contributed by atoms with Crippen molar-refractivity contribution in [2.45, 2.75) is 16.6 Å². The minimum absolute atomic E-state index is 0.398. The number of alkyl halides is 6. The van der Waals surface area contributed by atoms with Gasteiger partial charge in [0.2, 0.25) is 0 Å². The maximum absolute atomic E-state index is 12.7. The van der Waals surface area contributed by atoms with Crippen LogP contribution in [-0.4, -0.2) is 23.2 Å². The summed E-state index contributed by atoms with van der Waals surface area (Å²) < 4.78 is 58.8. The Labute approximate surface area is 86.4 Å². The molecule has 0 aromatic rings. The lowest BCUT2D eigenvalue weighted by molar-refractivity contribution is -0.318. The monoisotopic (exact) mass is 254 g/mol. The molecule has 0 saturated carbocycles. The topological polar surface area (TPSA) is 18.5 Å². The summed E-state index contributed by atoms with van der Waals surface area (Å²) in [6.07, 6.45) is 0. The van der Waals surface area contributed by atoms with Gasteiger partial charge < -0.3 is 9.47 Å². The second-order valence-electron chi connectivity index (χ2n) is 2.54. The molecule has 1 aliphatic heterocycles. The lowest BCUT2D eigenvalue weighted by atomic mass is 10.3. The van der Waals surface area contributed by atoms with Crippen molar-refractivity contribution in [2.75, 3.05) is 6.61 Å². The van der Waals surface area contributed by atoms with Gasteiger partial charge in [-0.05, 0) is 23.2 Å². The molecule has 0 atom stereocenters. The summed E-state index contributed by atoms with van der Waals surface area (Å²) in [5, 5.41) is -8.95. The summed E-state index contributed by atoms with van der Waals surface area (Å²) in [5.74, 6) is -4.09. The fraction of sp³-hybridized carbons (Fsp3) is 0.667. The molecule has 0 unspecified atom stereocenters. The Hall–Kier alpha value is -0.200. The van der Waals surface area contributed by atoms with Crippen LogP contribution in [0.1, 0.15) is 0 Å². The third-order valence-corrected chi connectivity index (χ3v) is 1.97. The van der Waals surface area contributed by atoms with Gasteiger partial charge in [0.15, 0.2) is 0 Å². The Bertz CT molecular complexity index is 244. The zero-order valence-electron chi connectivity index (χ0n) is 6.50. The van der Waals surface area contributed by atoms with Crippen LogP contribution >= 0.6 is 23.2 Å². The summed E-state index contributed by atoms with van der Waals surface area (Å²) >= 11 is 8.91. The van der Waals surface area contributed by atoms with Crippen LogP contribution in [0.15, 0.2) is 12.3 Å². The molecule has 0 N–H and O–H groups in total. The predicted octanol–water partition coefficient (Wildman–Crippen LogP) is 2.91. The van der Waals surface area contributed by atoms with Gasteiger partial charge in [-0.1, -0.05) is 6.58 Å². The average Bonchev–Trinajstić information content (AvgIpc) is 2.28. The summed E-state index contributed by atoms with van der Waals surface area (Å²) in [7, 11) is 0. The lowest BCUT2D eigenvalue weighted by Gasteiger charge is -2.33. The van der Waals surface area contributed by atoms with Crippen LogP contribution in [-0.2, 0) is 9.47 Å². The first kappa shape index (κ1) is 11.9. The molecular formula is C6H4Cl2F4O2. The SMILES string of the molecule is C=C1COC(C(F)(F)Cl)(C(F)(F)Cl)O1. The fourth-order valence-electron chi connectivity index (χ4n) is 0.884. The smallest absolute Gasteiger partial charge is 0.393 e. The first-order valence-corrected chi connectivity index (χ1v) is 4.00. The molecule has 0 bridgehead atoms. The average molecular weight is 255 g/mol. The van der Waals surface area contributed by atoms with Gasteiger partial charge in [0.1, 0.15) is 12.4 Å². The van der Waals surface area contributed by atoms with Gasteiger partial charge in [-0.25, -0.2) is 0 Å². The Morgan fingerprint density at radius 3 is 1.79 bits per heavy atom. The molecule has 82 valence electrons. The molecule has 14 heavy (non-hydrogen) atoms. The number of rotatable bonds is 2. The van der Waals surface area contributed by atoms with E-state index >= 15 is 0 Å². The maximum Gasteiger partial charge on any atom is 0.393 e. The zero-order chi connectivity index (χ0) is 11.2. The van der Waals surface area contributed by atoms with Crippen molar-refractivity contribution in [3.63, 3.8) is 0 Å². The molecule has 8 heteroatoms. The van der Waals surface area contributed by atoms with Gasteiger partial charge in [0, 0.05) is 0 Å². The van der Waals surface area contributed by atoms with Crippen LogP contribution in [0.5, 0.6) is 0 Å². The van der Waals surface area contributed by atoms with Crippen molar-refractivity contribution < 1.29 is 27.0 Å². The highest BCUT2D eigenvalue weighted by Crippen LogP contribution is 2.52. The minimum Gasteiger partial charge on any atom is -0.452 e. The van der Waals surface area contributed by atoms with Gasteiger partial charge in [0.25, 0.3) is 0 Å².